The van der Waals surface area contributed by atoms with Gasteiger partial charge in [-0.2, -0.15) is 0 Å². The van der Waals surface area contributed by atoms with Crippen molar-refractivity contribution in [3.8, 4) is 0 Å². The molecule has 0 saturated carbocycles. The molecule has 0 aromatic carbocycles. The van der Waals surface area contributed by atoms with Crippen molar-refractivity contribution >= 4 is 0 Å². The van der Waals surface area contributed by atoms with Gasteiger partial charge in [0.05, 0.1) is 11.7 Å². The van der Waals surface area contributed by atoms with Crippen molar-refractivity contribution in [1.29, 1.82) is 0 Å². The third kappa shape index (κ3) is 2.68. The molecule has 0 radical (unpaired) electrons. The van der Waals surface area contributed by atoms with E-state index >= 15 is 0 Å². The van der Waals surface area contributed by atoms with Crippen molar-refractivity contribution in [3.63, 3.8) is 0 Å². The van der Waals surface area contributed by atoms with Crippen molar-refractivity contribution in [2.45, 2.75) is 58.3 Å². The van der Waals surface area contributed by atoms with E-state index < -0.39 is 0 Å². The van der Waals surface area contributed by atoms with E-state index in [0.717, 1.165) is 0 Å². The number of hydrogen-bond donors (Lipinski definition) is 0. The van der Waals surface area contributed by atoms with Crippen LogP contribution in [0, 0.1) is 0 Å². The fourth-order valence-corrected chi connectivity index (χ4v) is 2.47. The van der Waals surface area contributed by atoms with Gasteiger partial charge in [0.1, 0.15) is 0 Å². The lowest BCUT2D eigenvalue weighted by atomic mass is 9.96. The zero-order chi connectivity index (χ0) is 10.1. The van der Waals surface area contributed by atoms with Crippen LogP contribution in [0.1, 0.15) is 40.5 Å². The van der Waals surface area contributed by atoms with E-state index in [4.69, 9.17) is 4.74 Å². The first-order chi connectivity index (χ1) is 5.93. The summed E-state index contributed by atoms with van der Waals surface area (Å²) in [5, 5.41) is 0. The first kappa shape index (κ1) is 11.0. The lowest BCUT2D eigenvalue weighted by Gasteiger charge is -2.37. The highest BCUT2D eigenvalue weighted by Crippen LogP contribution is 2.29. The number of ether oxygens (including phenoxy) is 1. The van der Waals surface area contributed by atoms with Gasteiger partial charge in [-0.15, -0.1) is 0 Å². The third-order valence-corrected chi connectivity index (χ3v) is 2.86. The van der Waals surface area contributed by atoms with Crippen LogP contribution in [0.5, 0.6) is 0 Å². The summed E-state index contributed by atoms with van der Waals surface area (Å²) >= 11 is 0. The molecule has 0 spiro atoms. The Labute approximate surface area is 82.3 Å². The van der Waals surface area contributed by atoms with Gasteiger partial charge >= 0.3 is 0 Å². The third-order valence-electron chi connectivity index (χ3n) is 2.86. The highest BCUT2D eigenvalue weighted by Gasteiger charge is 2.36. The smallest absolute Gasteiger partial charge is 0.0784 e. The summed E-state index contributed by atoms with van der Waals surface area (Å²) in [6.45, 7) is 9.85. The summed E-state index contributed by atoms with van der Waals surface area (Å²) in [5.41, 5.74) is -0.000579. The molecule has 0 amide bonds. The summed E-state index contributed by atoms with van der Waals surface area (Å²) in [6.07, 6.45) is 2.91. The van der Waals surface area contributed by atoms with E-state index in [0.29, 0.717) is 12.1 Å². The fourth-order valence-electron chi connectivity index (χ4n) is 2.47. The Kier molecular flexibility index (Phi) is 3.36. The molecule has 0 N–H and O–H groups in total. The van der Waals surface area contributed by atoms with Crippen molar-refractivity contribution in [2.24, 2.45) is 0 Å². The van der Waals surface area contributed by atoms with Gasteiger partial charge in [-0.1, -0.05) is 0 Å². The second-order valence-electron chi connectivity index (χ2n) is 4.91. The topological polar surface area (TPSA) is 12.5 Å². The lowest BCUT2D eigenvalue weighted by molar-refractivity contribution is -0.0939. The minimum absolute atomic E-state index is 0.000579. The van der Waals surface area contributed by atoms with E-state index in [1.807, 2.05) is 0 Å². The van der Waals surface area contributed by atoms with E-state index in [-0.39, 0.29) is 5.60 Å². The van der Waals surface area contributed by atoms with Crippen LogP contribution < -0.4 is 0 Å². The quantitative estimate of drug-likeness (QED) is 0.669. The molecule has 0 aromatic rings. The molecule has 0 unspecified atom stereocenters. The number of likely N-dealkylation sites (N-methyl/N-ethyl adjacent to an activating group) is 1. The maximum absolute atomic E-state index is 5.95. The number of rotatable bonds is 3. The van der Waals surface area contributed by atoms with Gasteiger partial charge in [0, 0.05) is 6.04 Å². The van der Waals surface area contributed by atoms with Crippen LogP contribution in [0.15, 0.2) is 0 Å². The summed E-state index contributed by atoms with van der Waals surface area (Å²) in [7, 11) is 2.20. The van der Waals surface area contributed by atoms with Crippen LogP contribution >= 0.6 is 0 Å². The van der Waals surface area contributed by atoms with Gasteiger partial charge in [0.15, 0.2) is 0 Å². The second kappa shape index (κ2) is 3.97. The Morgan fingerprint density at radius 2 is 2.00 bits per heavy atom. The Bertz CT molecular complexity index is 165. The SMILES string of the molecule is CC(C)OC(C)(C)[C@@H]1CCCN1C. The second-order valence-corrected chi connectivity index (χ2v) is 4.91. The first-order valence-corrected chi connectivity index (χ1v) is 5.31. The molecule has 1 atom stereocenters. The Hall–Kier alpha value is -0.0800. The summed E-state index contributed by atoms with van der Waals surface area (Å²) in [6, 6.07) is 0.592. The van der Waals surface area contributed by atoms with E-state index in [9.17, 15) is 0 Å². The minimum Gasteiger partial charge on any atom is -0.371 e. The van der Waals surface area contributed by atoms with Gasteiger partial charge < -0.3 is 9.64 Å². The highest BCUT2D eigenvalue weighted by atomic mass is 16.5. The fraction of sp³-hybridized carbons (Fsp3) is 1.00. The van der Waals surface area contributed by atoms with Crippen molar-refractivity contribution in [1.82, 2.24) is 4.90 Å². The standard InChI is InChI=1S/C11H23NO/c1-9(2)13-11(3,4)10-7-6-8-12(10)5/h9-10H,6-8H2,1-5H3/t10-/m0/s1. The van der Waals surface area contributed by atoms with Crippen LogP contribution in [0.2, 0.25) is 0 Å². The molecule has 1 aliphatic rings. The Morgan fingerprint density at radius 1 is 1.38 bits per heavy atom. The molecule has 78 valence electrons. The van der Waals surface area contributed by atoms with Gasteiger partial charge in [-0.05, 0) is 54.1 Å². The normalized spacial score (nSPS) is 25.8. The Morgan fingerprint density at radius 3 is 2.38 bits per heavy atom. The van der Waals surface area contributed by atoms with Gasteiger partial charge in [0.25, 0.3) is 0 Å². The lowest BCUT2D eigenvalue weighted by Crippen LogP contribution is -2.47. The van der Waals surface area contributed by atoms with Crippen LogP contribution in [0.4, 0.5) is 0 Å². The van der Waals surface area contributed by atoms with Crippen LogP contribution in [0.25, 0.3) is 0 Å². The zero-order valence-electron chi connectivity index (χ0n) is 9.63. The predicted molar refractivity (Wildman–Crippen MR) is 56.0 cm³/mol. The summed E-state index contributed by atoms with van der Waals surface area (Å²) in [5.74, 6) is 0. The molecular formula is C11H23NO. The predicted octanol–water partition coefficient (Wildman–Crippen LogP) is 2.28. The van der Waals surface area contributed by atoms with Crippen LogP contribution in [0.3, 0.4) is 0 Å². The monoisotopic (exact) mass is 185 g/mol. The largest absolute Gasteiger partial charge is 0.371 e. The van der Waals surface area contributed by atoms with Crippen molar-refractivity contribution < 1.29 is 4.74 Å². The van der Waals surface area contributed by atoms with E-state index in [2.05, 4.69) is 39.6 Å². The maximum Gasteiger partial charge on any atom is 0.0784 e. The molecule has 2 nitrogen and oxygen atoms in total. The Balaban J connectivity index is 2.56. The highest BCUT2D eigenvalue weighted by molar-refractivity contribution is 4.91. The molecule has 0 aromatic heterocycles. The molecule has 1 aliphatic heterocycles. The number of likely N-dealkylation sites (tertiary alicyclic amines) is 1. The maximum atomic E-state index is 5.95. The van der Waals surface area contributed by atoms with Crippen molar-refractivity contribution in [2.75, 3.05) is 13.6 Å². The molecule has 1 heterocycles. The molecular weight excluding hydrogens is 162 g/mol. The van der Waals surface area contributed by atoms with Gasteiger partial charge in [-0.3, -0.25) is 0 Å². The minimum atomic E-state index is -0.000579. The molecule has 1 rings (SSSR count). The molecule has 0 aliphatic carbocycles. The molecule has 13 heavy (non-hydrogen) atoms. The summed E-state index contributed by atoms with van der Waals surface area (Å²) in [4.78, 5) is 2.42. The number of hydrogen-bond acceptors (Lipinski definition) is 2. The zero-order valence-corrected chi connectivity index (χ0v) is 9.63. The van der Waals surface area contributed by atoms with Crippen LogP contribution in [-0.2, 0) is 4.74 Å². The van der Waals surface area contributed by atoms with Crippen LogP contribution in [-0.4, -0.2) is 36.2 Å². The van der Waals surface area contributed by atoms with Gasteiger partial charge in [0.2, 0.25) is 0 Å². The van der Waals surface area contributed by atoms with Crippen molar-refractivity contribution in [3.05, 3.63) is 0 Å². The van der Waals surface area contributed by atoms with E-state index in [1.54, 1.807) is 0 Å². The van der Waals surface area contributed by atoms with E-state index in [1.165, 1.54) is 19.4 Å². The summed E-state index contributed by atoms with van der Waals surface area (Å²) < 4.78 is 5.95. The molecule has 1 saturated heterocycles. The molecule has 2 heteroatoms. The average Bonchev–Trinajstić information content (AvgIpc) is 2.32. The average molecular weight is 185 g/mol. The van der Waals surface area contributed by atoms with Gasteiger partial charge in [-0.25, -0.2) is 0 Å². The number of nitrogens with zero attached hydrogens (tertiary/aromatic N) is 1. The molecule has 0 bridgehead atoms. The molecule has 1 fully saturated rings. The first-order valence-electron chi connectivity index (χ1n) is 5.31.